The summed E-state index contributed by atoms with van der Waals surface area (Å²) in [6, 6.07) is 19.6. The lowest BCUT2D eigenvalue weighted by Crippen LogP contribution is -2.51. The normalized spacial score (nSPS) is 15.9. The van der Waals surface area contributed by atoms with E-state index in [0.29, 0.717) is 47.7 Å². The van der Waals surface area contributed by atoms with Crippen molar-refractivity contribution in [3.8, 4) is 11.3 Å². The van der Waals surface area contributed by atoms with Crippen molar-refractivity contribution in [2.24, 2.45) is 0 Å². The van der Waals surface area contributed by atoms with Crippen LogP contribution in [0, 0.1) is 0 Å². The molecule has 2 fully saturated rings. The smallest absolute Gasteiger partial charge is 0.416 e. The van der Waals surface area contributed by atoms with Gasteiger partial charge < -0.3 is 25.0 Å². The molecule has 15 heteroatoms. The van der Waals surface area contributed by atoms with Gasteiger partial charge in [0.2, 0.25) is 0 Å². The Hall–Kier alpha value is -5.09. The number of carbonyl (C=O) groups excluding carboxylic acids is 2. The number of aliphatic hydroxyl groups excluding tert-OH is 1. The summed E-state index contributed by atoms with van der Waals surface area (Å²) in [6.45, 7) is 12.3. The largest absolute Gasteiger partial charge is 0.444 e. The number of benzene rings is 2. The molecule has 59 heavy (non-hydrogen) atoms. The molecule has 0 saturated carbocycles. The molecule has 2 saturated heterocycles. The summed E-state index contributed by atoms with van der Waals surface area (Å²) in [6.07, 6.45) is -1.06. The lowest BCUT2D eigenvalue weighted by molar-refractivity contribution is -0.137. The van der Waals surface area contributed by atoms with Gasteiger partial charge in [-0.25, -0.2) is 9.78 Å². The fourth-order valence-electron chi connectivity index (χ4n) is 7.18. The second-order valence-electron chi connectivity index (χ2n) is 16.2. The average Bonchev–Trinajstić information content (AvgIpc) is 3.22. The standard InChI is InChI=1S/C44H55F3N8O4/c1-43(2,3)59-42(58)55-24-22-53(23-25-55)21-20-52(4)30-34-12-9-13-38(50-34)41(57)51-37-15-14-35(54-18-6-5-7-19-54)28-36(37)39-27-32(16-17-48-39)40(56)49-29-31-10-8-11-33(26-31)44(45,46)47/h8-17,26-28,40,49,56H,5-7,18-25,29-30H2,1-4H3,(H,51,57). The number of amides is 2. The molecule has 12 nitrogen and oxygen atoms in total. The molecule has 1 unspecified atom stereocenters. The Balaban J connectivity index is 1.11. The number of piperidine rings is 1. The van der Waals surface area contributed by atoms with Gasteiger partial charge in [-0.3, -0.25) is 24.9 Å². The van der Waals surface area contributed by atoms with Gasteiger partial charge in [0.1, 0.15) is 17.5 Å². The van der Waals surface area contributed by atoms with Crippen LogP contribution in [0.15, 0.2) is 79.0 Å². The number of piperazine rings is 1. The number of anilines is 2. The molecular weight excluding hydrogens is 762 g/mol. The number of hydrogen-bond donors (Lipinski definition) is 3. The molecule has 0 spiro atoms. The minimum atomic E-state index is -4.47. The Labute approximate surface area is 344 Å². The van der Waals surface area contributed by atoms with Crippen LogP contribution in [0.3, 0.4) is 0 Å². The highest BCUT2D eigenvalue weighted by Gasteiger charge is 2.30. The van der Waals surface area contributed by atoms with Gasteiger partial charge in [-0.15, -0.1) is 0 Å². The van der Waals surface area contributed by atoms with Crippen molar-refractivity contribution >= 4 is 23.4 Å². The molecule has 0 bridgehead atoms. The maximum absolute atomic E-state index is 13.8. The first kappa shape index (κ1) is 43.5. The molecule has 6 rings (SSSR count). The Morgan fingerprint density at radius 2 is 1.66 bits per heavy atom. The first-order valence-corrected chi connectivity index (χ1v) is 20.2. The van der Waals surface area contributed by atoms with E-state index in [2.05, 4.69) is 30.3 Å². The van der Waals surface area contributed by atoms with Crippen LogP contribution in [0.5, 0.6) is 0 Å². The van der Waals surface area contributed by atoms with Gasteiger partial charge in [-0.2, -0.15) is 13.2 Å². The number of hydrogen-bond acceptors (Lipinski definition) is 10. The Morgan fingerprint density at radius 3 is 2.39 bits per heavy atom. The van der Waals surface area contributed by atoms with Crippen molar-refractivity contribution in [2.45, 2.75) is 71.1 Å². The zero-order valence-electron chi connectivity index (χ0n) is 34.3. The van der Waals surface area contributed by atoms with E-state index in [0.717, 1.165) is 75.6 Å². The van der Waals surface area contributed by atoms with E-state index in [9.17, 15) is 27.9 Å². The van der Waals surface area contributed by atoms with Crippen LogP contribution < -0.4 is 15.5 Å². The monoisotopic (exact) mass is 816 g/mol. The number of aliphatic hydroxyl groups is 1. The van der Waals surface area contributed by atoms with Gasteiger partial charge in [0, 0.05) is 82.9 Å². The molecule has 2 aliphatic heterocycles. The van der Waals surface area contributed by atoms with Crippen LogP contribution in [-0.4, -0.2) is 107 Å². The number of rotatable bonds is 13. The van der Waals surface area contributed by atoms with E-state index >= 15 is 0 Å². The molecule has 3 N–H and O–H groups in total. The van der Waals surface area contributed by atoms with Crippen LogP contribution in [0.1, 0.15) is 79.1 Å². The van der Waals surface area contributed by atoms with Crippen molar-refractivity contribution in [1.82, 2.24) is 30.0 Å². The predicted molar refractivity (Wildman–Crippen MR) is 222 cm³/mol. The highest BCUT2D eigenvalue weighted by molar-refractivity contribution is 6.05. The number of nitrogens with one attached hydrogen (secondary N) is 2. The van der Waals surface area contributed by atoms with Crippen molar-refractivity contribution < 1.29 is 32.6 Å². The second kappa shape index (κ2) is 19.3. The SMILES string of the molecule is CN(CCN1CCN(C(=O)OC(C)(C)C)CC1)Cc1cccc(C(=O)Nc2ccc(N3CCCCC3)cc2-c2cc(C(O)NCc3cccc(C(F)(F)F)c3)ccn2)n1. The predicted octanol–water partition coefficient (Wildman–Crippen LogP) is 7.17. The summed E-state index contributed by atoms with van der Waals surface area (Å²) in [5.41, 5.74) is 3.23. The van der Waals surface area contributed by atoms with Crippen LogP contribution in [0.25, 0.3) is 11.3 Å². The molecule has 316 valence electrons. The number of alkyl halides is 3. The number of likely N-dealkylation sites (N-methyl/N-ethyl adjacent to an activating group) is 1. The average molecular weight is 817 g/mol. The minimum absolute atomic E-state index is 0.00499. The van der Waals surface area contributed by atoms with Gasteiger partial charge >= 0.3 is 12.3 Å². The molecule has 2 aliphatic rings. The zero-order chi connectivity index (χ0) is 42.2. The number of nitrogens with zero attached hydrogens (tertiary/aromatic N) is 6. The van der Waals surface area contributed by atoms with E-state index in [4.69, 9.17) is 9.72 Å². The highest BCUT2D eigenvalue weighted by Crippen LogP contribution is 2.34. The maximum atomic E-state index is 13.8. The zero-order valence-corrected chi connectivity index (χ0v) is 34.3. The van der Waals surface area contributed by atoms with Gasteiger partial charge in [-0.05, 0) is 107 Å². The third kappa shape index (κ3) is 12.5. The van der Waals surface area contributed by atoms with Crippen LogP contribution >= 0.6 is 0 Å². The highest BCUT2D eigenvalue weighted by atomic mass is 19.4. The second-order valence-corrected chi connectivity index (χ2v) is 16.2. The first-order chi connectivity index (χ1) is 28.1. The number of aromatic nitrogens is 2. The topological polar surface area (TPSA) is 126 Å². The third-order valence-corrected chi connectivity index (χ3v) is 10.4. The molecule has 2 aromatic heterocycles. The lowest BCUT2D eigenvalue weighted by atomic mass is 10.0. The summed E-state index contributed by atoms with van der Waals surface area (Å²) in [4.78, 5) is 44.1. The number of carbonyl (C=O) groups is 2. The quantitative estimate of drug-likeness (QED) is 0.120. The Bertz CT molecular complexity index is 2050. The van der Waals surface area contributed by atoms with Gasteiger partial charge in [-0.1, -0.05) is 24.3 Å². The van der Waals surface area contributed by atoms with E-state index in [1.54, 1.807) is 35.4 Å². The molecule has 1 atom stereocenters. The molecule has 2 amide bonds. The summed E-state index contributed by atoms with van der Waals surface area (Å²) in [7, 11) is 2.01. The van der Waals surface area contributed by atoms with Crippen molar-refractivity contribution in [3.05, 3.63) is 107 Å². The van der Waals surface area contributed by atoms with Crippen LogP contribution in [0.2, 0.25) is 0 Å². The summed E-state index contributed by atoms with van der Waals surface area (Å²) >= 11 is 0. The number of halogens is 3. The molecule has 2 aromatic carbocycles. The maximum Gasteiger partial charge on any atom is 0.416 e. The molecule has 4 heterocycles. The van der Waals surface area contributed by atoms with E-state index in [1.165, 1.54) is 12.5 Å². The lowest BCUT2D eigenvalue weighted by Gasteiger charge is -2.36. The molecule has 4 aromatic rings. The van der Waals surface area contributed by atoms with E-state index < -0.39 is 23.6 Å². The molecular formula is C44H55F3N8O4. The van der Waals surface area contributed by atoms with Gasteiger partial charge in [0.05, 0.1) is 22.6 Å². The molecule has 0 aliphatic carbocycles. The third-order valence-electron chi connectivity index (χ3n) is 10.4. The van der Waals surface area contributed by atoms with Crippen LogP contribution in [-0.2, 0) is 24.0 Å². The van der Waals surface area contributed by atoms with E-state index in [1.807, 2.05) is 58.2 Å². The Kier molecular flexibility index (Phi) is 14.2. The first-order valence-electron chi connectivity index (χ1n) is 20.2. The summed E-state index contributed by atoms with van der Waals surface area (Å²) in [5, 5.41) is 17.0. The number of ether oxygens (including phenoxy) is 1. The van der Waals surface area contributed by atoms with Crippen molar-refractivity contribution in [3.63, 3.8) is 0 Å². The van der Waals surface area contributed by atoms with Crippen molar-refractivity contribution in [1.29, 1.82) is 0 Å². The van der Waals surface area contributed by atoms with E-state index in [-0.39, 0.29) is 24.2 Å². The number of pyridine rings is 2. The van der Waals surface area contributed by atoms with Crippen molar-refractivity contribution in [2.75, 3.05) is 69.6 Å². The van der Waals surface area contributed by atoms with Crippen LogP contribution in [0.4, 0.5) is 29.3 Å². The fourth-order valence-corrected chi connectivity index (χ4v) is 7.18. The Morgan fingerprint density at radius 1 is 0.915 bits per heavy atom. The fraction of sp³-hybridized carbons (Fsp3) is 0.455. The van der Waals surface area contributed by atoms with Gasteiger partial charge in [0.25, 0.3) is 5.91 Å². The molecule has 0 radical (unpaired) electrons. The summed E-state index contributed by atoms with van der Waals surface area (Å²) < 4.78 is 45.3. The summed E-state index contributed by atoms with van der Waals surface area (Å²) in [5.74, 6) is -0.386. The minimum Gasteiger partial charge on any atom is -0.444 e. The van der Waals surface area contributed by atoms with Gasteiger partial charge in [0.15, 0.2) is 0 Å².